The van der Waals surface area contributed by atoms with Crippen molar-refractivity contribution in [3.05, 3.63) is 70.7 Å². The number of para-hydroxylation sites is 1. The summed E-state index contributed by atoms with van der Waals surface area (Å²) < 4.78 is 33.7. The second-order valence-corrected chi connectivity index (χ2v) is 10.6. The zero-order chi connectivity index (χ0) is 25.2. The Bertz CT molecular complexity index is 1540. The van der Waals surface area contributed by atoms with Gasteiger partial charge in [-0.2, -0.15) is 0 Å². The number of aryl methyl sites for hydroxylation is 1. The molecule has 2 N–H and O–H groups in total. The first-order valence-corrected chi connectivity index (χ1v) is 13.0. The molecule has 2 heterocycles. The van der Waals surface area contributed by atoms with E-state index in [1.165, 1.54) is 46.7 Å². The first kappa shape index (κ1) is 24.5. The Labute approximate surface area is 205 Å². The number of fused-ring (bicyclic) bond motifs is 1. The minimum absolute atomic E-state index is 0.00734. The number of anilines is 2. The van der Waals surface area contributed by atoms with Crippen LogP contribution in [0.1, 0.15) is 19.1 Å². The molecule has 35 heavy (non-hydrogen) atoms. The van der Waals surface area contributed by atoms with E-state index in [-0.39, 0.29) is 22.2 Å². The molecule has 0 aliphatic heterocycles. The van der Waals surface area contributed by atoms with E-state index in [0.717, 1.165) is 0 Å². The summed E-state index contributed by atoms with van der Waals surface area (Å²) in [6.45, 7) is 3.52. The smallest absolute Gasteiger partial charge is 0.263 e. The summed E-state index contributed by atoms with van der Waals surface area (Å²) in [4.78, 5) is 30.1. The van der Waals surface area contributed by atoms with Gasteiger partial charge in [0.2, 0.25) is 5.91 Å². The standard InChI is InChI=1S/C23H23N5O5S2/c1-4-19(34-23-25-18-8-6-5-7-17(18)22(30)28(23)3)21(29)24-15-9-11-16(12-10-15)35(31,32)27-20-13-14(2)33-26-20/h5-13,19H,4H2,1-3H3,(H,24,29)(H,26,27). The summed E-state index contributed by atoms with van der Waals surface area (Å²) >= 11 is 1.20. The summed E-state index contributed by atoms with van der Waals surface area (Å²) in [5.41, 5.74) is 0.824. The van der Waals surface area contributed by atoms with E-state index < -0.39 is 15.3 Å². The molecule has 1 amide bonds. The minimum atomic E-state index is -3.86. The van der Waals surface area contributed by atoms with Crippen LogP contribution in [0.15, 0.2) is 74.0 Å². The third-order valence-corrected chi connectivity index (χ3v) is 7.93. The molecule has 0 spiro atoms. The van der Waals surface area contributed by atoms with Crippen molar-refractivity contribution in [3.8, 4) is 0 Å². The summed E-state index contributed by atoms with van der Waals surface area (Å²) in [6.07, 6.45) is 0.493. The van der Waals surface area contributed by atoms with Crippen LogP contribution in [0.2, 0.25) is 0 Å². The number of hydrogen-bond donors (Lipinski definition) is 2. The van der Waals surface area contributed by atoms with Crippen molar-refractivity contribution >= 4 is 50.1 Å². The monoisotopic (exact) mass is 513 g/mol. The highest BCUT2D eigenvalue weighted by Crippen LogP contribution is 2.26. The van der Waals surface area contributed by atoms with Crippen LogP contribution >= 0.6 is 11.8 Å². The van der Waals surface area contributed by atoms with E-state index in [4.69, 9.17) is 4.52 Å². The van der Waals surface area contributed by atoms with E-state index in [9.17, 15) is 18.0 Å². The summed E-state index contributed by atoms with van der Waals surface area (Å²) in [7, 11) is -2.24. The number of nitrogens with one attached hydrogen (secondary N) is 2. The Hall–Kier alpha value is -3.64. The number of carbonyl (C=O) groups excluding carboxylic acids is 1. The van der Waals surface area contributed by atoms with Crippen LogP contribution in [-0.2, 0) is 21.9 Å². The molecule has 0 aliphatic rings. The van der Waals surface area contributed by atoms with Crippen LogP contribution in [0.25, 0.3) is 10.9 Å². The largest absolute Gasteiger partial charge is 0.360 e. The molecule has 0 saturated carbocycles. The van der Waals surface area contributed by atoms with Gasteiger partial charge in [-0.05, 0) is 49.7 Å². The molecule has 1 atom stereocenters. The van der Waals surface area contributed by atoms with E-state index in [1.807, 2.05) is 6.92 Å². The predicted octanol–water partition coefficient (Wildman–Crippen LogP) is 3.54. The molecular formula is C23H23N5O5S2. The summed E-state index contributed by atoms with van der Waals surface area (Å²) in [5.74, 6) is 0.272. The van der Waals surface area contributed by atoms with Crippen LogP contribution in [-0.4, -0.2) is 34.3 Å². The van der Waals surface area contributed by atoms with E-state index in [0.29, 0.717) is 33.9 Å². The van der Waals surface area contributed by atoms with Gasteiger partial charge < -0.3 is 9.84 Å². The van der Waals surface area contributed by atoms with Crippen molar-refractivity contribution in [1.29, 1.82) is 0 Å². The first-order chi connectivity index (χ1) is 16.7. The molecule has 12 heteroatoms. The molecule has 0 bridgehead atoms. The lowest BCUT2D eigenvalue weighted by Crippen LogP contribution is -2.27. The third kappa shape index (κ3) is 5.38. The average Bonchev–Trinajstić information content (AvgIpc) is 3.24. The number of carbonyl (C=O) groups is 1. The number of thioether (sulfide) groups is 1. The van der Waals surface area contributed by atoms with Crippen LogP contribution in [0.3, 0.4) is 0 Å². The third-order valence-electron chi connectivity index (χ3n) is 5.15. The van der Waals surface area contributed by atoms with Crippen molar-refractivity contribution in [2.75, 3.05) is 10.0 Å². The Morgan fingerprint density at radius 1 is 1.17 bits per heavy atom. The van der Waals surface area contributed by atoms with Crippen molar-refractivity contribution in [3.63, 3.8) is 0 Å². The van der Waals surface area contributed by atoms with Gasteiger partial charge >= 0.3 is 0 Å². The molecule has 2 aromatic heterocycles. The lowest BCUT2D eigenvalue weighted by atomic mass is 10.2. The lowest BCUT2D eigenvalue weighted by Gasteiger charge is -2.16. The fourth-order valence-electron chi connectivity index (χ4n) is 3.30. The fourth-order valence-corrected chi connectivity index (χ4v) is 5.27. The molecule has 0 radical (unpaired) electrons. The van der Waals surface area contributed by atoms with Gasteiger partial charge in [0.05, 0.1) is 21.0 Å². The molecule has 2 aromatic carbocycles. The van der Waals surface area contributed by atoms with Gasteiger partial charge in [0, 0.05) is 18.8 Å². The maximum absolute atomic E-state index is 12.9. The number of amides is 1. The first-order valence-electron chi connectivity index (χ1n) is 10.7. The molecular weight excluding hydrogens is 490 g/mol. The highest BCUT2D eigenvalue weighted by Gasteiger charge is 2.22. The van der Waals surface area contributed by atoms with Gasteiger partial charge in [0.15, 0.2) is 11.0 Å². The van der Waals surface area contributed by atoms with Crippen LogP contribution < -0.4 is 15.6 Å². The Morgan fingerprint density at radius 2 is 1.89 bits per heavy atom. The van der Waals surface area contributed by atoms with Gasteiger partial charge in [0.1, 0.15) is 5.76 Å². The number of aromatic nitrogens is 3. The molecule has 0 saturated heterocycles. The number of rotatable bonds is 8. The lowest BCUT2D eigenvalue weighted by molar-refractivity contribution is -0.115. The molecule has 10 nitrogen and oxygen atoms in total. The Morgan fingerprint density at radius 3 is 2.54 bits per heavy atom. The molecule has 182 valence electrons. The normalized spacial score (nSPS) is 12.4. The zero-order valence-electron chi connectivity index (χ0n) is 19.2. The van der Waals surface area contributed by atoms with E-state index >= 15 is 0 Å². The zero-order valence-corrected chi connectivity index (χ0v) is 20.8. The Kier molecular flexibility index (Phi) is 6.94. The second kappa shape index (κ2) is 9.92. The van der Waals surface area contributed by atoms with Gasteiger partial charge in [-0.1, -0.05) is 36.0 Å². The van der Waals surface area contributed by atoms with Crippen molar-refractivity contribution in [1.82, 2.24) is 14.7 Å². The van der Waals surface area contributed by atoms with Crippen LogP contribution in [0, 0.1) is 6.92 Å². The van der Waals surface area contributed by atoms with Crippen LogP contribution in [0.5, 0.6) is 0 Å². The van der Waals surface area contributed by atoms with Gasteiger partial charge in [-0.15, -0.1) is 0 Å². The summed E-state index contributed by atoms with van der Waals surface area (Å²) in [5, 5.41) is 6.85. The quantitative estimate of drug-likeness (QED) is 0.270. The van der Waals surface area contributed by atoms with Crippen molar-refractivity contribution in [2.45, 2.75) is 35.6 Å². The van der Waals surface area contributed by atoms with Gasteiger partial charge in [-0.25, -0.2) is 13.4 Å². The van der Waals surface area contributed by atoms with Gasteiger partial charge in [-0.3, -0.25) is 18.9 Å². The topological polar surface area (TPSA) is 136 Å². The van der Waals surface area contributed by atoms with Gasteiger partial charge in [0.25, 0.3) is 15.6 Å². The highest BCUT2D eigenvalue weighted by molar-refractivity contribution is 8.00. The molecule has 4 rings (SSSR count). The maximum Gasteiger partial charge on any atom is 0.263 e. The minimum Gasteiger partial charge on any atom is -0.360 e. The molecule has 4 aromatic rings. The van der Waals surface area contributed by atoms with Crippen molar-refractivity contribution in [2.24, 2.45) is 7.05 Å². The number of hydrogen-bond acceptors (Lipinski definition) is 8. The second-order valence-electron chi connectivity index (χ2n) is 7.73. The molecule has 0 fully saturated rings. The van der Waals surface area contributed by atoms with Crippen LogP contribution in [0.4, 0.5) is 11.5 Å². The average molecular weight is 514 g/mol. The number of benzene rings is 2. The number of sulfonamides is 1. The fraction of sp³-hybridized carbons (Fsp3) is 0.217. The SMILES string of the molecule is CCC(Sc1nc2ccccc2c(=O)n1C)C(=O)Nc1ccc(S(=O)(=O)Nc2cc(C)on2)cc1. The molecule has 0 aliphatic carbocycles. The predicted molar refractivity (Wildman–Crippen MR) is 134 cm³/mol. The molecule has 1 unspecified atom stereocenters. The van der Waals surface area contributed by atoms with Crippen molar-refractivity contribution < 1.29 is 17.7 Å². The van der Waals surface area contributed by atoms with E-state index in [1.54, 1.807) is 38.2 Å². The van der Waals surface area contributed by atoms with E-state index in [2.05, 4.69) is 20.2 Å². The maximum atomic E-state index is 12.9. The Balaban J connectivity index is 1.47. The summed E-state index contributed by atoms with van der Waals surface area (Å²) in [6, 6.07) is 14.3. The number of nitrogens with zero attached hydrogens (tertiary/aromatic N) is 3. The highest BCUT2D eigenvalue weighted by atomic mass is 32.2.